The molecule has 44 heavy (non-hydrogen) atoms. The predicted octanol–water partition coefficient (Wildman–Crippen LogP) is 4.70. The van der Waals surface area contributed by atoms with E-state index in [4.69, 9.17) is 16.6 Å². The first-order valence-electron chi connectivity index (χ1n) is 14.4. The van der Waals surface area contributed by atoms with Gasteiger partial charge in [-0.3, -0.25) is 9.59 Å². The maximum Gasteiger partial charge on any atom is 0.263 e. The Morgan fingerprint density at radius 1 is 1.02 bits per heavy atom. The molecule has 1 saturated heterocycles. The highest BCUT2D eigenvalue weighted by Gasteiger charge is 2.26. The molecule has 0 radical (unpaired) electrons. The molecule has 0 aliphatic carbocycles. The summed E-state index contributed by atoms with van der Waals surface area (Å²) in [5.41, 5.74) is 4.64. The predicted molar refractivity (Wildman–Crippen MR) is 174 cm³/mol. The van der Waals surface area contributed by atoms with E-state index in [2.05, 4.69) is 62.7 Å². The largest absolute Gasteiger partial charge is 0.369 e. The van der Waals surface area contributed by atoms with Crippen LogP contribution in [0.4, 0.5) is 17.3 Å². The maximum absolute atomic E-state index is 13.1. The minimum atomic E-state index is -0.371. The molecule has 224 valence electrons. The van der Waals surface area contributed by atoms with Crippen LogP contribution in [-0.4, -0.2) is 63.6 Å². The van der Waals surface area contributed by atoms with Crippen molar-refractivity contribution in [2.24, 2.45) is 0 Å². The van der Waals surface area contributed by atoms with Crippen molar-refractivity contribution in [3.8, 4) is 0 Å². The van der Waals surface area contributed by atoms with Gasteiger partial charge in [-0.1, -0.05) is 29.8 Å². The van der Waals surface area contributed by atoms with Crippen LogP contribution >= 0.6 is 11.6 Å². The minimum absolute atomic E-state index is 0.0846. The zero-order valence-corrected chi connectivity index (χ0v) is 25.3. The fourth-order valence-corrected chi connectivity index (χ4v) is 5.48. The molecule has 1 atom stereocenters. The second-order valence-electron chi connectivity index (χ2n) is 11.2. The van der Waals surface area contributed by atoms with Gasteiger partial charge < -0.3 is 25.0 Å². The van der Waals surface area contributed by atoms with E-state index in [1.807, 2.05) is 36.5 Å². The van der Waals surface area contributed by atoms with Crippen molar-refractivity contribution >= 4 is 45.7 Å². The van der Waals surface area contributed by atoms with Crippen molar-refractivity contribution in [1.82, 2.24) is 29.7 Å². The van der Waals surface area contributed by atoms with E-state index in [9.17, 15) is 9.59 Å². The molecule has 10 nitrogen and oxygen atoms in total. The topological polar surface area (TPSA) is 108 Å². The summed E-state index contributed by atoms with van der Waals surface area (Å²) < 4.78 is 1.50. The number of carbonyl (C=O) groups is 1. The van der Waals surface area contributed by atoms with Gasteiger partial charge >= 0.3 is 0 Å². The molecule has 5 aromatic rings. The summed E-state index contributed by atoms with van der Waals surface area (Å²) in [5.74, 6) is 0.170. The number of carbonyl (C=O) groups excluding carboxylic acids is 1. The van der Waals surface area contributed by atoms with Crippen molar-refractivity contribution in [2.45, 2.75) is 25.6 Å². The van der Waals surface area contributed by atoms with Gasteiger partial charge in [-0.05, 0) is 80.2 Å². The highest BCUT2D eigenvalue weighted by atomic mass is 35.5. The lowest BCUT2D eigenvalue weighted by molar-refractivity contribution is 0.0938. The van der Waals surface area contributed by atoms with Gasteiger partial charge in [0.15, 0.2) is 0 Å². The molecule has 2 aromatic carbocycles. The third-order valence-electron chi connectivity index (χ3n) is 7.57. The van der Waals surface area contributed by atoms with Gasteiger partial charge in [0.05, 0.1) is 12.1 Å². The number of pyridine rings is 2. The molecule has 1 aliphatic rings. The molecule has 0 saturated carbocycles. The summed E-state index contributed by atoms with van der Waals surface area (Å²) in [7, 11) is 4.10. The highest BCUT2D eigenvalue weighted by molar-refractivity contribution is 6.29. The van der Waals surface area contributed by atoms with Crippen LogP contribution in [0.3, 0.4) is 0 Å². The lowest BCUT2D eigenvalue weighted by atomic mass is 10.2. The second-order valence-corrected chi connectivity index (χ2v) is 11.6. The van der Waals surface area contributed by atoms with Gasteiger partial charge in [-0.15, -0.1) is 0 Å². The molecule has 1 amide bonds. The number of anilines is 3. The van der Waals surface area contributed by atoms with Crippen molar-refractivity contribution < 1.29 is 4.79 Å². The maximum atomic E-state index is 13.1. The summed E-state index contributed by atoms with van der Waals surface area (Å²) in [4.78, 5) is 43.8. The molecule has 0 spiro atoms. The van der Waals surface area contributed by atoms with Gasteiger partial charge in [0.1, 0.15) is 10.7 Å². The first-order chi connectivity index (χ1) is 21.3. The Hall–Kier alpha value is -4.80. The standard InChI is InChI=1S/C33H33ClN8O2/c1-40(2)19-22-5-8-25(9-6-22)38-33-36-18-24-16-27(10-11-29(24)39-33)41-15-13-26(21-41)37-31(43)28-4-3-14-42(32(28)44)20-23-7-12-30(34)35-17-23/h3-12,14,16-18,26H,13,15,19-21H2,1-2H3,(H,37,43)(H,36,38,39). The Bertz CT molecular complexity index is 1840. The Kier molecular flexibility index (Phi) is 8.53. The monoisotopic (exact) mass is 608 g/mol. The lowest BCUT2D eigenvalue weighted by Gasteiger charge is -2.19. The van der Waals surface area contributed by atoms with E-state index >= 15 is 0 Å². The molecule has 6 rings (SSSR count). The summed E-state index contributed by atoms with van der Waals surface area (Å²) in [6.45, 7) is 2.61. The van der Waals surface area contributed by atoms with Crippen LogP contribution in [0.2, 0.25) is 5.15 Å². The molecule has 3 aromatic heterocycles. The Morgan fingerprint density at radius 2 is 1.84 bits per heavy atom. The second kappa shape index (κ2) is 12.8. The van der Waals surface area contributed by atoms with E-state index in [1.165, 1.54) is 10.1 Å². The summed E-state index contributed by atoms with van der Waals surface area (Å²) in [5, 5.41) is 7.66. The Balaban J connectivity index is 1.08. The Labute approximate surface area is 260 Å². The van der Waals surface area contributed by atoms with E-state index in [-0.39, 0.29) is 23.1 Å². The number of aromatic nitrogens is 4. The van der Waals surface area contributed by atoms with Crippen LogP contribution in [0.5, 0.6) is 0 Å². The number of fused-ring (bicyclic) bond motifs is 1. The average molecular weight is 609 g/mol. The molecule has 0 bridgehead atoms. The minimum Gasteiger partial charge on any atom is -0.369 e. The molecule has 4 heterocycles. The molecular weight excluding hydrogens is 576 g/mol. The number of benzene rings is 2. The highest BCUT2D eigenvalue weighted by Crippen LogP contribution is 2.25. The van der Waals surface area contributed by atoms with Gasteiger partial charge in [0.25, 0.3) is 11.5 Å². The van der Waals surface area contributed by atoms with Crippen LogP contribution < -0.4 is 21.1 Å². The van der Waals surface area contributed by atoms with Crippen LogP contribution in [0.1, 0.15) is 27.9 Å². The van der Waals surface area contributed by atoms with Gasteiger partial charge in [-0.25, -0.2) is 15.0 Å². The molecule has 11 heteroatoms. The van der Waals surface area contributed by atoms with E-state index in [0.29, 0.717) is 24.2 Å². The van der Waals surface area contributed by atoms with E-state index < -0.39 is 0 Å². The van der Waals surface area contributed by atoms with E-state index in [0.717, 1.165) is 47.4 Å². The average Bonchev–Trinajstić information content (AvgIpc) is 3.48. The SMILES string of the molecule is CN(C)Cc1ccc(Nc2ncc3cc(N4CCC(NC(=O)c5cccn(Cc6ccc(Cl)nc6)c5=O)C4)ccc3n2)cc1. The Morgan fingerprint density at radius 3 is 2.61 bits per heavy atom. The van der Waals surface area contributed by atoms with Gasteiger partial charge in [0.2, 0.25) is 5.95 Å². The fraction of sp³-hybridized carbons (Fsp3) is 0.242. The fourth-order valence-electron chi connectivity index (χ4n) is 5.37. The third-order valence-corrected chi connectivity index (χ3v) is 7.79. The first-order valence-corrected chi connectivity index (χ1v) is 14.8. The normalized spacial score (nSPS) is 14.7. The number of amides is 1. The summed E-state index contributed by atoms with van der Waals surface area (Å²) in [6, 6.07) is 21.0. The quantitative estimate of drug-likeness (QED) is 0.232. The van der Waals surface area contributed by atoms with Gasteiger partial charge in [-0.2, -0.15) is 0 Å². The molecule has 1 fully saturated rings. The van der Waals surface area contributed by atoms with Crippen molar-refractivity contribution in [2.75, 3.05) is 37.4 Å². The third kappa shape index (κ3) is 6.88. The number of rotatable bonds is 9. The summed E-state index contributed by atoms with van der Waals surface area (Å²) >= 11 is 5.87. The number of nitrogens with one attached hydrogen (secondary N) is 2. The molecule has 2 N–H and O–H groups in total. The zero-order chi connectivity index (χ0) is 30.6. The van der Waals surface area contributed by atoms with Crippen LogP contribution in [0.15, 0.2) is 90.1 Å². The van der Waals surface area contributed by atoms with Crippen LogP contribution in [0.25, 0.3) is 10.9 Å². The first kappa shape index (κ1) is 29.3. The van der Waals surface area contributed by atoms with Gasteiger partial charge in [0, 0.05) is 61.0 Å². The number of hydrogen-bond donors (Lipinski definition) is 2. The van der Waals surface area contributed by atoms with Crippen LogP contribution in [-0.2, 0) is 13.1 Å². The zero-order valence-electron chi connectivity index (χ0n) is 24.6. The van der Waals surface area contributed by atoms with E-state index in [1.54, 1.807) is 30.6 Å². The smallest absolute Gasteiger partial charge is 0.263 e. The van der Waals surface area contributed by atoms with Crippen LogP contribution in [0, 0.1) is 0 Å². The van der Waals surface area contributed by atoms with Crippen molar-refractivity contribution in [3.63, 3.8) is 0 Å². The lowest BCUT2D eigenvalue weighted by Crippen LogP contribution is -2.40. The number of hydrogen-bond acceptors (Lipinski definition) is 8. The summed E-state index contributed by atoms with van der Waals surface area (Å²) in [6.07, 6.45) is 5.88. The molecule has 1 unspecified atom stereocenters. The molecular formula is C33H33ClN8O2. The molecule has 1 aliphatic heterocycles. The van der Waals surface area contributed by atoms with Crippen molar-refractivity contribution in [3.05, 3.63) is 118 Å². The number of halogens is 1. The van der Waals surface area contributed by atoms with Crippen molar-refractivity contribution in [1.29, 1.82) is 0 Å². The number of nitrogens with zero attached hydrogens (tertiary/aromatic N) is 6.